The van der Waals surface area contributed by atoms with Crippen molar-refractivity contribution in [3.63, 3.8) is 0 Å². The average Bonchev–Trinajstić information content (AvgIpc) is 2.46. The third kappa shape index (κ3) is 4.63. The van der Waals surface area contributed by atoms with Crippen LogP contribution in [0.1, 0.15) is 45.6 Å². The second kappa shape index (κ2) is 7.31. The van der Waals surface area contributed by atoms with Crippen molar-refractivity contribution in [2.45, 2.75) is 46.1 Å². The van der Waals surface area contributed by atoms with Gasteiger partial charge in [0.25, 0.3) is 0 Å². The van der Waals surface area contributed by atoms with Crippen LogP contribution in [-0.4, -0.2) is 12.1 Å². The molecule has 21 heavy (non-hydrogen) atoms. The van der Waals surface area contributed by atoms with Crippen molar-refractivity contribution >= 4 is 5.97 Å². The van der Waals surface area contributed by atoms with Crippen LogP contribution < -0.4 is 0 Å². The zero-order valence-corrected chi connectivity index (χ0v) is 13.1. The number of ether oxygens (including phenoxy) is 1. The summed E-state index contributed by atoms with van der Waals surface area (Å²) in [4.78, 5) is 12.0. The number of carbonyl (C=O) groups excluding carboxylic acids is 1. The predicted molar refractivity (Wildman–Crippen MR) is 84.5 cm³/mol. The zero-order chi connectivity index (χ0) is 15.2. The van der Waals surface area contributed by atoms with Gasteiger partial charge in [0, 0.05) is 11.5 Å². The Morgan fingerprint density at radius 1 is 1.24 bits per heavy atom. The number of benzene rings is 1. The van der Waals surface area contributed by atoms with Gasteiger partial charge in [-0.2, -0.15) is 0 Å². The Kier molecular flexibility index (Phi) is 5.44. The number of carbonyl (C=O) groups is 1. The summed E-state index contributed by atoms with van der Waals surface area (Å²) < 4.78 is 5.64. The molecule has 1 aliphatic carbocycles. The van der Waals surface area contributed by atoms with E-state index in [2.05, 4.69) is 32.6 Å². The highest BCUT2D eigenvalue weighted by Crippen LogP contribution is 2.35. The lowest BCUT2D eigenvalue weighted by molar-refractivity contribution is -0.148. The summed E-state index contributed by atoms with van der Waals surface area (Å²) >= 11 is 0. The minimum absolute atomic E-state index is 0.0197. The number of hydrogen-bond donors (Lipinski definition) is 0. The summed E-state index contributed by atoms with van der Waals surface area (Å²) in [5.41, 5.74) is 0.840. The third-order valence-electron chi connectivity index (χ3n) is 4.30. The van der Waals surface area contributed by atoms with E-state index in [1.165, 1.54) is 6.42 Å². The van der Waals surface area contributed by atoms with Crippen LogP contribution in [0, 0.1) is 29.6 Å². The van der Waals surface area contributed by atoms with Gasteiger partial charge in [-0.25, -0.2) is 4.79 Å². The molecule has 0 radical (unpaired) electrons. The quantitative estimate of drug-likeness (QED) is 0.605. The lowest BCUT2D eigenvalue weighted by Gasteiger charge is -2.36. The van der Waals surface area contributed by atoms with Crippen LogP contribution in [-0.2, 0) is 9.53 Å². The van der Waals surface area contributed by atoms with Crippen LogP contribution in [0.5, 0.6) is 0 Å². The van der Waals surface area contributed by atoms with Gasteiger partial charge in [0.1, 0.15) is 6.10 Å². The Morgan fingerprint density at radius 2 is 1.95 bits per heavy atom. The van der Waals surface area contributed by atoms with Crippen molar-refractivity contribution in [1.82, 2.24) is 0 Å². The summed E-state index contributed by atoms with van der Waals surface area (Å²) in [7, 11) is 0. The Labute approximate surface area is 127 Å². The first kappa shape index (κ1) is 15.6. The molecule has 0 aromatic heterocycles. The van der Waals surface area contributed by atoms with E-state index in [-0.39, 0.29) is 6.10 Å². The molecule has 1 fully saturated rings. The molecule has 1 aliphatic rings. The Morgan fingerprint density at radius 3 is 2.62 bits per heavy atom. The van der Waals surface area contributed by atoms with Gasteiger partial charge in [-0.1, -0.05) is 51.3 Å². The van der Waals surface area contributed by atoms with Crippen molar-refractivity contribution in [3.8, 4) is 11.8 Å². The first-order chi connectivity index (χ1) is 10.1. The highest BCUT2D eigenvalue weighted by Gasteiger charge is 2.33. The lowest BCUT2D eigenvalue weighted by Crippen LogP contribution is -2.35. The van der Waals surface area contributed by atoms with Gasteiger partial charge in [0.2, 0.25) is 0 Å². The maximum absolute atomic E-state index is 12.0. The summed E-state index contributed by atoms with van der Waals surface area (Å²) in [5, 5.41) is 0. The average molecular weight is 284 g/mol. The molecule has 0 saturated heterocycles. The Bertz CT molecular complexity index is 521. The molecule has 1 saturated carbocycles. The van der Waals surface area contributed by atoms with E-state index >= 15 is 0 Å². The molecule has 1 aromatic carbocycles. The van der Waals surface area contributed by atoms with E-state index in [0.29, 0.717) is 17.8 Å². The number of esters is 1. The van der Waals surface area contributed by atoms with Crippen molar-refractivity contribution in [1.29, 1.82) is 0 Å². The van der Waals surface area contributed by atoms with Gasteiger partial charge in [-0.05, 0) is 42.7 Å². The molecule has 0 spiro atoms. The monoisotopic (exact) mass is 284 g/mol. The van der Waals surface area contributed by atoms with Crippen LogP contribution in [0.15, 0.2) is 30.3 Å². The summed E-state index contributed by atoms with van der Waals surface area (Å²) in [5.74, 6) is 6.70. The normalized spacial score (nSPS) is 25.0. The standard InChI is InChI=1S/C19H24O2/c1-14(2)17-11-9-15(3)13-18(17)21-19(20)12-10-16-7-5-4-6-8-16/h4-8,14-15,17-18H,9,11,13H2,1-3H3/t15-,17+,18-/m1/s1. The van der Waals surface area contributed by atoms with Gasteiger partial charge in [0.05, 0.1) is 0 Å². The van der Waals surface area contributed by atoms with E-state index in [4.69, 9.17) is 4.74 Å². The molecule has 1 aromatic rings. The minimum Gasteiger partial charge on any atom is -0.452 e. The maximum atomic E-state index is 12.0. The summed E-state index contributed by atoms with van der Waals surface area (Å²) in [6, 6.07) is 9.53. The second-order valence-electron chi connectivity index (χ2n) is 6.39. The van der Waals surface area contributed by atoms with E-state index < -0.39 is 5.97 Å². The molecule has 0 N–H and O–H groups in total. The van der Waals surface area contributed by atoms with Gasteiger partial charge in [-0.15, -0.1) is 0 Å². The molecule has 0 aliphatic heterocycles. The zero-order valence-electron chi connectivity index (χ0n) is 13.1. The third-order valence-corrected chi connectivity index (χ3v) is 4.30. The van der Waals surface area contributed by atoms with Gasteiger partial charge >= 0.3 is 5.97 Å². The molecule has 2 heteroatoms. The molecule has 2 rings (SSSR count). The Hall–Kier alpha value is -1.75. The van der Waals surface area contributed by atoms with Gasteiger partial charge in [0.15, 0.2) is 0 Å². The first-order valence-corrected chi connectivity index (χ1v) is 7.84. The van der Waals surface area contributed by atoms with Crippen LogP contribution in [0.25, 0.3) is 0 Å². The predicted octanol–water partition coefficient (Wildman–Crippen LogP) is 4.04. The van der Waals surface area contributed by atoms with Gasteiger partial charge in [-0.3, -0.25) is 0 Å². The molecule has 0 amide bonds. The molecule has 0 heterocycles. The molecule has 0 unspecified atom stereocenters. The van der Waals surface area contributed by atoms with E-state index in [9.17, 15) is 4.79 Å². The van der Waals surface area contributed by atoms with Crippen molar-refractivity contribution in [3.05, 3.63) is 35.9 Å². The molecule has 2 nitrogen and oxygen atoms in total. The van der Waals surface area contributed by atoms with E-state index in [1.807, 2.05) is 30.3 Å². The van der Waals surface area contributed by atoms with Crippen LogP contribution in [0.4, 0.5) is 0 Å². The van der Waals surface area contributed by atoms with Gasteiger partial charge < -0.3 is 4.74 Å². The van der Waals surface area contributed by atoms with Crippen molar-refractivity contribution in [2.75, 3.05) is 0 Å². The van der Waals surface area contributed by atoms with Crippen LogP contribution >= 0.6 is 0 Å². The summed E-state index contributed by atoms with van der Waals surface area (Å²) in [6.07, 6.45) is 3.35. The molecule has 112 valence electrons. The van der Waals surface area contributed by atoms with Crippen LogP contribution in [0.3, 0.4) is 0 Å². The smallest absolute Gasteiger partial charge is 0.384 e. The van der Waals surface area contributed by atoms with E-state index in [1.54, 1.807) is 0 Å². The van der Waals surface area contributed by atoms with Crippen molar-refractivity contribution < 1.29 is 9.53 Å². The fourth-order valence-electron chi connectivity index (χ4n) is 3.06. The maximum Gasteiger partial charge on any atom is 0.384 e. The fraction of sp³-hybridized carbons (Fsp3) is 0.526. The Balaban J connectivity index is 1.99. The molecular weight excluding hydrogens is 260 g/mol. The highest BCUT2D eigenvalue weighted by molar-refractivity contribution is 5.89. The summed E-state index contributed by atoms with van der Waals surface area (Å²) in [6.45, 7) is 6.64. The van der Waals surface area contributed by atoms with Crippen LogP contribution in [0.2, 0.25) is 0 Å². The number of hydrogen-bond acceptors (Lipinski definition) is 2. The minimum atomic E-state index is -0.399. The SMILES string of the molecule is CC(C)[C@@H]1CC[C@@H](C)C[C@H]1OC(=O)C#Cc1ccccc1. The number of rotatable bonds is 2. The molecular formula is C19H24O2. The second-order valence-corrected chi connectivity index (χ2v) is 6.39. The topological polar surface area (TPSA) is 26.3 Å². The largest absolute Gasteiger partial charge is 0.452 e. The highest BCUT2D eigenvalue weighted by atomic mass is 16.5. The van der Waals surface area contributed by atoms with E-state index in [0.717, 1.165) is 18.4 Å². The van der Waals surface area contributed by atoms with Crippen molar-refractivity contribution in [2.24, 2.45) is 17.8 Å². The fourth-order valence-corrected chi connectivity index (χ4v) is 3.06. The lowest BCUT2D eigenvalue weighted by atomic mass is 9.75. The molecule has 3 atom stereocenters. The first-order valence-electron chi connectivity index (χ1n) is 7.84. The molecule has 0 bridgehead atoms.